The third-order valence-corrected chi connectivity index (χ3v) is 3.06. The molecule has 0 saturated heterocycles. The first-order chi connectivity index (χ1) is 8.78. The van der Waals surface area contributed by atoms with Crippen LogP contribution in [0.2, 0.25) is 0 Å². The van der Waals surface area contributed by atoms with Crippen LogP contribution in [0.3, 0.4) is 0 Å². The molecule has 0 fully saturated rings. The molecule has 2 aromatic rings. The molecule has 0 saturated carbocycles. The molecule has 0 radical (unpaired) electrons. The lowest BCUT2D eigenvalue weighted by molar-refractivity contribution is 1.13. The molecule has 0 aliphatic rings. The zero-order valence-electron chi connectivity index (χ0n) is 10.3. The maximum Gasteiger partial charge on any atom is 0.127 e. The Morgan fingerprint density at radius 1 is 1.11 bits per heavy atom. The van der Waals surface area contributed by atoms with Crippen molar-refractivity contribution in [3.8, 4) is 0 Å². The van der Waals surface area contributed by atoms with Crippen LogP contribution in [0.1, 0.15) is 12.5 Å². The summed E-state index contributed by atoms with van der Waals surface area (Å²) >= 11 is 3.43. The molecule has 18 heavy (non-hydrogen) atoms. The first kappa shape index (κ1) is 12.9. The minimum absolute atomic E-state index is 0.808. The van der Waals surface area contributed by atoms with Crippen molar-refractivity contribution in [3.05, 3.63) is 52.6 Å². The molecule has 94 valence electrons. The average molecular weight is 306 g/mol. The Morgan fingerprint density at radius 2 is 1.89 bits per heavy atom. The van der Waals surface area contributed by atoms with E-state index in [-0.39, 0.29) is 0 Å². The quantitative estimate of drug-likeness (QED) is 0.880. The topological polar surface area (TPSA) is 37.0 Å². The monoisotopic (exact) mass is 305 g/mol. The van der Waals surface area contributed by atoms with Gasteiger partial charge in [0.15, 0.2) is 0 Å². The molecule has 0 aliphatic heterocycles. The van der Waals surface area contributed by atoms with Gasteiger partial charge in [0.2, 0.25) is 0 Å². The van der Waals surface area contributed by atoms with Crippen LogP contribution >= 0.6 is 15.9 Å². The van der Waals surface area contributed by atoms with Crippen LogP contribution in [0.4, 0.5) is 11.5 Å². The summed E-state index contributed by atoms with van der Waals surface area (Å²) in [6.45, 7) is 3.75. The van der Waals surface area contributed by atoms with Gasteiger partial charge in [-0.05, 0) is 30.7 Å². The largest absolute Gasteiger partial charge is 0.381 e. The van der Waals surface area contributed by atoms with Gasteiger partial charge in [-0.15, -0.1) is 0 Å². The highest BCUT2D eigenvalue weighted by Gasteiger charge is 1.97. The lowest BCUT2D eigenvalue weighted by atomic mass is 10.2. The maximum atomic E-state index is 4.24. The number of pyridine rings is 1. The number of nitrogens with one attached hydrogen (secondary N) is 2. The molecule has 1 aromatic carbocycles. The highest BCUT2D eigenvalue weighted by atomic mass is 79.9. The van der Waals surface area contributed by atoms with E-state index in [9.17, 15) is 0 Å². The Kier molecular flexibility index (Phi) is 4.59. The van der Waals surface area contributed by atoms with Crippen LogP contribution in [0, 0.1) is 0 Å². The molecule has 4 heteroatoms. The summed E-state index contributed by atoms with van der Waals surface area (Å²) in [4.78, 5) is 4.24. The Morgan fingerprint density at radius 3 is 2.61 bits per heavy atom. The number of aromatic nitrogens is 1. The smallest absolute Gasteiger partial charge is 0.127 e. The lowest BCUT2D eigenvalue weighted by Gasteiger charge is -2.08. The Bertz CT molecular complexity index is 497. The normalized spacial score (nSPS) is 10.1. The van der Waals surface area contributed by atoms with Crippen molar-refractivity contribution in [1.29, 1.82) is 0 Å². The molecule has 1 aromatic heterocycles. The number of nitrogens with zero attached hydrogens (tertiary/aromatic N) is 1. The average Bonchev–Trinajstić information content (AvgIpc) is 2.39. The van der Waals surface area contributed by atoms with Gasteiger partial charge in [0.1, 0.15) is 5.82 Å². The van der Waals surface area contributed by atoms with Crippen molar-refractivity contribution in [2.24, 2.45) is 0 Å². The van der Waals surface area contributed by atoms with Gasteiger partial charge in [-0.1, -0.05) is 28.1 Å². The van der Waals surface area contributed by atoms with Crippen LogP contribution in [-0.4, -0.2) is 11.5 Å². The van der Waals surface area contributed by atoms with Gasteiger partial charge in [-0.3, -0.25) is 0 Å². The highest BCUT2D eigenvalue weighted by Crippen LogP contribution is 2.14. The minimum atomic E-state index is 0.808. The molecule has 0 amide bonds. The van der Waals surface area contributed by atoms with Gasteiger partial charge in [0.25, 0.3) is 0 Å². The van der Waals surface area contributed by atoms with Crippen molar-refractivity contribution >= 4 is 27.4 Å². The van der Waals surface area contributed by atoms with Gasteiger partial charge in [0.05, 0.1) is 0 Å². The third kappa shape index (κ3) is 3.74. The van der Waals surface area contributed by atoms with E-state index >= 15 is 0 Å². The predicted molar refractivity (Wildman–Crippen MR) is 79.9 cm³/mol. The molecule has 2 N–H and O–H groups in total. The van der Waals surface area contributed by atoms with E-state index in [1.165, 1.54) is 5.56 Å². The van der Waals surface area contributed by atoms with Gasteiger partial charge >= 0.3 is 0 Å². The van der Waals surface area contributed by atoms with Crippen molar-refractivity contribution in [1.82, 2.24) is 4.98 Å². The first-order valence-electron chi connectivity index (χ1n) is 5.96. The van der Waals surface area contributed by atoms with E-state index in [0.717, 1.165) is 29.1 Å². The predicted octanol–water partition coefficient (Wildman–Crippen LogP) is 3.89. The zero-order valence-corrected chi connectivity index (χ0v) is 11.9. The maximum absolute atomic E-state index is 4.24. The fourth-order valence-electron chi connectivity index (χ4n) is 1.62. The van der Waals surface area contributed by atoms with E-state index < -0.39 is 0 Å². The summed E-state index contributed by atoms with van der Waals surface area (Å²) in [7, 11) is 0. The molecule has 2 rings (SSSR count). The zero-order chi connectivity index (χ0) is 12.8. The second kappa shape index (κ2) is 6.40. The first-order valence-corrected chi connectivity index (χ1v) is 6.75. The second-order valence-corrected chi connectivity index (χ2v) is 4.86. The van der Waals surface area contributed by atoms with Gasteiger partial charge < -0.3 is 10.6 Å². The molecule has 3 nitrogen and oxygen atoms in total. The SMILES string of the molecule is CCNc1cc(NCc2ccc(Br)cc2)ccn1. The molecule has 0 aliphatic carbocycles. The van der Waals surface area contributed by atoms with Gasteiger partial charge in [0, 0.05) is 35.5 Å². The van der Waals surface area contributed by atoms with Crippen molar-refractivity contribution in [2.75, 3.05) is 17.2 Å². The minimum Gasteiger partial charge on any atom is -0.381 e. The van der Waals surface area contributed by atoms with Crippen molar-refractivity contribution < 1.29 is 0 Å². The molecular weight excluding hydrogens is 290 g/mol. The summed E-state index contributed by atoms with van der Waals surface area (Å²) in [6, 6.07) is 12.3. The Balaban J connectivity index is 1.97. The lowest BCUT2D eigenvalue weighted by Crippen LogP contribution is -2.02. The fraction of sp³-hybridized carbons (Fsp3) is 0.214. The summed E-state index contributed by atoms with van der Waals surface area (Å²) in [6.07, 6.45) is 1.81. The van der Waals surface area contributed by atoms with E-state index in [4.69, 9.17) is 0 Å². The highest BCUT2D eigenvalue weighted by molar-refractivity contribution is 9.10. The Labute approximate surface area is 116 Å². The van der Waals surface area contributed by atoms with Crippen molar-refractivity contribution in [2.45, 2.75) is 13.5 Å². The number of anilines is 2. The number of benzene rings is 1. The van der Waals surface area contributed by atoms with Crippen LogP contribution in [0.5, 0.6) is 0 Å². The van der Waals surface area contributed by atoms with Crippen LogP contribution in [0.25, 0.3) is 0 Å². The van der Waals surface area contributed by atoms with Gasteiger partial charge in [-0.25, -0.2) is 4.98 Å². The summed E-state index contributed by atoms with van der Waals surface area (Å²) in [5.41, 5.74) is 2.32. The van der Waals surface area contributed by atoms with Crippen LogP contribution in [0.15, 0.2) is 47.1 Å². The molecule has 0 atom stereocenters. The van der Waals surface area contributed by atoms with E-state index in [2.05, 4.69) is 50.6 Å². The number of hydrogen-bond donors (Lipinski definition) is 2. The third-order valence-electron chi connectivity index (χ3n) is 2.53. The molecule has 0 spiro atoms. The molecular formula is C14H16BrN3. The van der Waals surface area contributed by atoms with Crippen LogP contribution in [-0.2, 0) is 6.54 Å². The molecule has 0 unspecified atom stereocenters. The Hall–Kier alpha value is -1.55. The molecule has 0 bridgehead atoms. The van der Waals surface area contributed by atoms with E-state index in [0.29, 0.717) is 0 Å². The standard InChI is InChI=1S/C14H16BrN3/c1-2-16-14-9-13(7-8-17-14)18-10-11-3-5-12(15)6-4-11/h3-9H,2,10H2,1H3,(H2,16,17,18). The van der Waals surface area contributed by atoms with Gasteiger partial charge in [-0.2, -0.15) is 0 Å². The molecule has 1 heterocycles. The fourth-order valence-corrected chi connectivity index (χ4v) is 1.89. The number of rotatable bonds is 5. The van der Waals surface area contributed by atoms with Crippen LogP contribution < -0.4 is 10.6 Å². The van der Waals surface area contributed by atoms with Crippen molar-refractivity contribution in [3.63, 3.8) is 0 Å². The second-order valence-electron chi connectivity index (χ2n) is 3.94. The van der Waals surface area contributed by atoms with E-state index in [1.54, 1.807) is 0 Å². The summed E-state index contributed by atoms with van der Waals surface area (Å²) in [5, 5.41) is 6.58. The number of halogens is 1. The summed E-state index contributed by atoms with van der Waals surface area (Å²) in [5.74, 6) is 0.901. The van der Waals surface area contributed by atoms with E-state index in [1.807, 2.05) is 30.5 Å². The number of hydrogen-bond acceptors (Lipinski definition) is 3. The summed E-state index contributed by atoms with van der Waals surface area (Å²) < 4.78 is 1.10.